The van der Waals surface area contributed by atoms with Crippen molar-refractivity contribution < 1.29 is 8.78 Å². The van der Waals surface area contributed by atoms with Crippen LogP contribution in [0.15, 0.2) is 23.0 Å². The lowest BCUT2D eigenvalue weighted by Gasteiger charge is -2.31. The Kier molecular flexibility index (Phi) is 5.36. The lowest BCUT2D eigenvalue weighted by Crippen LogP contribution is -2.47. The minimum absolute atomic E-state index is 0.135. The Morgan fingerprint density at radius 1 is 1.19 bits per heavy atom. The van der Waals surface area contributed by atoms with Crippen molar-refractivity contribution in [2.24, 2.45) is 5.92 Å². The molecule has 0 saturated carbocycles. The maximum Gasteiger partial charge on any atom is 0.290 e. The third-order valence-electron chi connectivity index (χ3n) is 4.53. The first-order chi connectivity index (χ1) is 12.4. The third-order valence-corrected chi connectivity index (χ3v) is 4.53. The minimum atomic E-state index is -0.922. The molecule has 26 heavy (non-hydrogen) atoms. The average Bonchev–Trinajstić information content (AvgIpc) is 2.61. The summed E-state index contributed by atoms with van der Waals surface area (Å²) in [6.07, 6.45) is 0. The summed E-state index contributed by atoms with van der Waals surface area (Å²) < 4.78 is 28.5. The van der Waals surface area contributed by atoms with Gasteiger partial charge in [0.05, 0.1) is 5.69 Å². The minimum Gasteiger partial charge on any atom is -0.364 e. The summed E-state index contributed by atoms with van der Waals surface area (Å²) in [6.45, 7) is 9.35. The molecule has 1 aromatic carbocycles. The molecule has 140 valence electrons. The quantitative estimate of drug-likeness (QED) is 0.908. The van der Waals surface area contributed by atoms with E-state index in [1.54, 1.807) is 0 Å². The summed E-state index contributed by atoms with van der Waals surface area (Å²) in [5.41, 5.74) is 2.14. The molecule has 0 bridgehead atoms. The van der Waals surface area contributed by atoms with E-state index >= 15 is 0 Å². The highest BCUT2D eigenvalue weighted by atomic mass is 19.2. The topological polar surface area (TPSA) is 50.2 Å². The lowest BCUT2D eigenvalue weighted by atomic mass is 10.0. The Balaban J connectivity index is 2.19. The molecule has 0 amide bonds. The second-order valence-electron chi connectivity index (χ2n) is 7.07. The normalized spacial score (nSPS) is 14.9. The van der Waals surface area contributed by atoms with Crippen LogP contribution < -0.4 is 15.8 Å². The van der Waals surface area contributed by atoms with Crippen molar-refractivity contribution in [1.29, 1.82) is 0 Å². The van der Waals surface area contributed by atoms with Crippen molar-refractivity contribution in [3.05, 3.63) is 45.8 Å². The van der Waals surface area contributed by atoms with Gasteiger partial charge in [0.1, 0.15) is 5.69 Å². The average molecular weight is 362 g/mol. The summed E-state index contributed by atoms with van der Waals surface area (Å²) in [5.74, 6) is -1.59. The van der Waals surface area contributed by atoms with E-state index in [1.165, 1.54) is 10.7 Å². The maximum absolute atomic E-state index is 13.8. The molecule has 2 heterocycles. The van der Waals surface area contributed by atoms with Crippen LogP contribution >= 0.6 is 0 Å². The standard InChI is InChI=1S/C19H24F2N4O/c1-12(2)11-25-19(26)18(24-8-6-22-7-9-24)13(3)17(23-25)14-4-5-15(20)16(21)10-14/h4-5,10,12,22H,6-9,11H2,1-3H3. The van der Waals surface area contributed by atoms with Gasteiger partial charge >= 0.3 is 0 Å². The molecule has 0 unspecified atom stereocenters. The van der Waals surface area contributed by atoms with Gasteiger partial charge in [-0.3, -0.25) is 4.79 Å². The van der Waals surface area contributed by atoms with Gasteiger partial charge in [-0.2, -0.15) is 5.10 Å². The van der Waals surface area contributed by atoms with Crippen molar-refractivity contribution in [1.82, 2.24) is 15.1 Å². The number of halogens is 2. The predicted octanol–water partition coefficient (Wildman–Crippen LogP) is 2.56. The lowest BCUT2D eigenvalue weighted by molar-refractivity contribution is 0.462. The van der Waals surface area contributed by atoms with Crippen molar-refractivity contribution >= 4 is 5.69 Å². The van der Waals surface area contributed by atoms with Crippen molar-refractivity contribution in [3.63, 3.8) is 0 Å². The molecule has 0 atom stereocenters. The van der Waals surface area contributed by atoms with Crippen molar-refractivity contribution in [3.8, 4) is 11.3 Å². The van der Waals surface area contributed by atoms with E-state index in [-0.39, 0.29) is 11.5 Å². The summed E-state index contributed by atoms with van der Waals surface area (Å²) in [4.78, 5) is 15.1. The second kappa shape index (κ2) is 7.53. The van der Waals surface area contributed by atoms with Crippen LogP contribution in [-0.4, -0.2) is 36.0 Å². The molecule has 0 spiro atoms. The van der Waals surface area contributed by atoms with Crippen LogP contribution in [0, 0.1) is 24.5 Å². The molecule has 1 saturated heterocycles. The van der Waals surface area contributed by atoms with Crippen LogP contribution in [-0.2, 0) is 6.54 Å². The number of hydrogen-bond acceptors (Lipinski definition) is 4. The first-order valence-corrected chi connectivity index (χ1v) is 8.91. The molecular formula is C19H24F2N4O. The van der Waals surface area contributed by atoms with Gasteiger partial charge in [0.2, 0.25) is 0 Å². The number of nitrogens with zero attached hydrogens (tertiary/aromatic N) is 3. The fraction of sp³-hybridized carbons (Fsp3) is 0.474. The van der Waals surface area contributed by atoms with Crippen LogP contribution in [0.2, 0.25) is 0 Å². The molecule has 7 heteroatoms. The van der Waals surface area contributed by atoms with Gasteiger partial charge in [-0.1, -0.05) is 13.8 Å². The molecule has 1 aromatic heterocycles. The van der Waals surface area contributed by atoms with Crippen molar-refractivity contribution in [2.45, 2.75) is 27.3 Å². The number of nitrogens with one attached hydrogen (secondary N) is 1. The number of anilines is 1. The van der Waals surface area contributed by atoms with E-state index in [2.05, 4.69) is 15.3 Å². The van der Waals surface area contributed by atoms with E-state index < -0.39 is 11.6 Å². The van der Waals surface area contributed by atoms with Crippen LogP contribution in [0.3, 0.4) is 0 Å². The summed E-state index contributed by atoms with van der Waals surface area (Å²) in [6, 6.07) is 3.73. The first-order valence-electron chi connectivity index (χ1n) is 8.91. The van der Waals surface area contributed by atoms with E-state index in [1.807, 2.05) is 20.8 Å². The molecule has 1 aliphatic heterocycles. The van der Waals surface area contributed by atoms with Crippen LogP contribution in [0.25, 0.3) is 11.3 Å². The Morgan fingerprint density at radius 2 is 1.88 bits per heavy atom. The summed E-state index contributed by atoms with van der Waals surface area (Å²) in [5, 5.41) is 7.75. The van der Waals surface area contributed by atoms with E-state index in [0.717, 1.165) is 38.3 Å². The number of benzene rings is 1. The maximum atomic E-state index is 13.8. The van der Waals surface area contributed by atoms with Crippen LogP contribution in [0.1, 0.15) is 19.4 Å². The highest BCUT2D eigenvalue weighted by Gasteiger charge is 2.22. The zero-order valence-electron chi connectivity index (χ0n) is 15.4. The van der Waals surface area contributed by atoms with Gasteiger partial charge in [0.25, 0.3) is 5.56 Å². The van der Waals surface area contributed by atoms with Crippen LogP contribution in [0.4, 0.5) is 14.5 Å². The molecule has 1 N–H and O–H groups in total. The number of aromatic nitrogens is 2. The number of hydrogen-bond donors (Lipinski definition) is 1. The molecule has 5 nitrogen and oxygen atoms in total. The molecule has 1 fully saturated rings. The summed E-state index contributed by atoms with van der Waals surface area (Å²) in [7, 11) is 0. The van der Waals surface area contributed by atoms with Gasteiger partial charge in [0, 0.05) is 43.9 Å². The summed E-state index contributed by atoms with van der Waals surface area (Å²) >= 11 is 0. The van der Waals surface area contributed by atoms with Gasteiger partial charge < -0.3 is 10.2 Å². The van der Waals surface area contributed by atoms with Gasteiger partial charge in [-0.15, -0.1) is 0 Å². The smallest absolute Gasteiger partial charge is 0.290 e. The van der Waals surface area contributed by atoms with E-state index in [9.17, 15) is 13.6 Å². The Bertz CT molecular complexity index is 857. The fourth-order valence-corrected chi connectivity index (χ4v) is 3.28. The fourth-order valence-electron chi connectivity index (χ4n) is 3.28. The van der Waals surface area contributed by atoms with Crippen molar-refractivity contribution in [2.75, 3.05) is 31.1 Å². The predicted molar refractivity (Wildman–Crippen MR) is 98.5 cm³/mol. The Labute approximate surface area is 151 Å². The third kappa shape index (κ3) is 3.62. The number of rotatable bonds is 4. The zero-order valence-corrected chi connectivity index (χ0v) is 15.4. The largest absolute Gasteiger partial charge is 0.364 e. The number of piperazine rings is 1. The molecule has 3 rings (SSSR count). The first kappa shape index (κ1) is 18.5. The van der Waals surface area contributed by atoms with Gasteiger partial charge in [-0.05, 0) is 31.0 Å². The Hall–Kier alpha value is -2.28. The SMILES string of the molecule is Cc1c(-c2ccc(F)c(F)c2)nn(CC(C)C)c(=O)c1N1CCNCC1. The zero-order chi connectivity index (χ0) is 18.8. The van der Waals surface area contributed by atoms with E-state index in [4.69, 9.17) is 0 Å². The second-order valence-corrected chi connectivity index (χ2v) is 7.07. The highest BCUT2D eigenvalue weighted by Crippen LogP contribution is 2.27. The Morgan fingerprint density at radius 3 is 2.50 bits per heavy atom. The van der Waals surface area contributed by atoms with E-state index in [0.29, 0.717) is 29.1 Å². The van der Waals surface area contributed by atoms with Gasteiger partial charge in [-0.25, -0.2) is 13.5 Å². The molecule has 0 radical (unpaired) electrons. The molecular weight excluding hydrogens is 338 g/mol. The highest BCUT2D eigenvalue weighted by molar-refractivity contribution is 5.70. The molecule has 0 aliphatic carbocycles. The van der Waals surface area contributed by atoms with Gasteiger partial charge in [0.15, 0.2) is 11.6 Å². The van der Waals surface area contributed by atoms with Crippen LogP contribution in [0.5, 0.6) is 0 Å². The molecule has 1 aliphatic rings. The molecule has 2 aromatic rings. The monoisotopic (exact) mass is 362 g/mol.